The van der Waals surface area contributed by atoms with Crippen molar-refractivity contribution in [2.24, 2.45) is 5.92 Å². The van der Waals surface area contributed by atoms with Crippen LogP contribution in [0.5, 0.6) is 0 Å². The standard InChI is InChI=1S/C7H15N.C2H6/c1-7-4-3-5-8(2)6-7;1-2/h7H,3-6H2,1-2H3;1-2H3. The Balaban J connectivity index is 0.000000371. The van der Waals surface area contributed by atoms with E-state index in [9.17, 15) is 0 Å². The summed E-state index contributed by atoms with van der Waals surface area (Å²) >= 11 is 0. The van der Waals surface area contributed by atoms with Gasteiger partial charge in [0.2, 0.25) is 0 Å². The lowest BCUT2D eigenvalue weighted by Gasteiger charge is -2.26. The summed E-state index contributed by atoms with van der Waals surface area (Å²) < 4.78 is 0. The largest absolute Gasteiger partial charge is 0.306 e. The Labute approximate surface area is 65.4 Å². The molecule has 1 atom stereocenters. The molecule has 1 rings (SSSR count). The topological polar surface area (TPSA) is 3.24 Å². The van der Waals surface area contributed by atoms with E-state index in [-0.39, 0.29) is 0 Å². The van der Waals surface area contributed by atoms with E-state index >= 15 is 0 Å². The molecule has 0 aliphatic carbocycles. The summed E-state index contributed by atoms with van der Waals surface area (Å²) in [6, 6.07) is 0. The predicted octanol–water partition coefficient (Wildman–Crippen LogP) is 2.37. The molecule has 0 aromatic heterocycles. The van der Waals surface area contributed by atoms with E-state index < -0.39 is 0 Å². The number of nitrogens with zero attached hydrogens (tertiary/aromatic N) is 1. The Morgan fingerprint density at radius 1 is 1.30 bits per heavy atom. The molecule has 0 spiro atoms. The van der Waals surface area contributed by atoms with Crippen molar-refractivity contribution in [2.45, 2.75) is 33.6 Å². The van der Waals surface area contributed by atoms with Gasteiger partial charge in [-0.3, -0.25) is 0 Å². The Kier molecular flexibility index (Phi) is 5.70. The van der Waals surface area contributed by atoms with E-state index in [1.165, 1.54) is 25.9 Å². The van der Waals surface area contributed by atoms with E-state index in [0.29, 0.717) is 0 Å². The number of likely N-dealkylation sites (tertiary alicyclic amines) is 1. The van der Waals surface area contributed by atoms with E-state index in [4.69, 9.17) is 0 Å². The third kappa shape index (κ3) is 3.89. The summed E-state index contributed by atoms with van der Waals surface area (Å²) in [5, 5.41) is 0. The van der Waals surface area contributed by atoms with Gasteiger partial charge in [0.1, 0.15) is 0 Å². The fourth-order valence-electron chi connectivity index (χ4n) is 1.42. The number of piperidine rings is 1. The maximum Gasteiger partial charge on any atom is 0.000398 e. The summed E-state index contributed by atoms with van der Waals surface area (Å²) in [6.07, 6.45) is 2.84. The summed E-state index contributed by atoms with van der Waals surface area (Å²) in [6.45, 7) is 8.94. The van der Waals surface area contributed by atoms with Crippen LogP contribution < -0.4 is 0 Å². The van der Waals surface area contributed by atoms with Crippen LogP contribution in [0.15, 0.2) is 0 Å². The number of hydrogen-bond acceptors (Lipinski definition) is 1. The third-order valence-electron chi connectivity index (χ3n) is 1.86. The average Bonchev–Trinajstić information content (AvgIpc) is 1.91. The Morgan fingerprint density at radius 2 is 1.90 bits per heavy atom. The van der Waals surface area contributed by atoms with Gasteiger partial charge in [0, 0.05) is 6.54 Å². The molecular formula is C9H21N. The molecule has 0 amide bonds. The van der Waals surface area contributed by atoms with E-state index in [2.05, 4.69) is 18.9 Å². The molecule has 1 aliphatic heterocycles. The van der Waals surface area contributed by atoms with Crippen molar-refractivity contribution in [1.82, 2.24) is 4.90 Å². The van der Waals surface area contributed by atoms with Crippen LogP contribution in [0.2, 0.25) is 0 Å². The molecule has 0 bridgehead atoms. The van der Waals surface area contributed by atoms with Crippen molar-refractivity contribution in [3.05, 3.63) is 0 Å². The second-order valence-electron chi connectivity index (χ2n) is 3.01. The second kappa shape index (κ2) is 5.72. The van der Waals surface area contributed by atoms with Crippen molar-refractivity contribution in [3.63, 3.8) is 0 Å². The quantitative estimate of drug-likeness (QED) is 0.503. The summed E-state index contributed by atoms with van der Waals surface area (Å²) in [7, 11) is 2.20. The van der Waals surface area contributed by atoms with Gasteiger partial charge in [-0.15, -0.1) is 0 Å². The average molecular weight is 143 g/mol. The van der Waals surface area contributed by atoms with Crippen LogP contribution in [0.3, 0.4) is 0 Å². The molecule has 1 nitrogen and oxygen atoms in total. The zero-order valence-electron chi connectivity index (χ0n) is 7.85. The van der Waals surface area contributed by atoms with Gasteiger partial charge >= 0.3 is 0 Å². The molecule has 1 saturated heterocycles. The molecule has 0 N–H and O–H groups in total. The van der Waals surface area contributed by atoms with Gasteiger partial charge < -0.3 is 4.90 Å². The highest BCUT2D eigenvalue weighted by Gasteiger charge is 2.11. The zero-order chi connectivity index (χ0) is 7.98. The molecule has 0 radical (unpaired) electrons. The van der Waals surface area contributed by atoms with Crippen LogP contribution in [0.1, 0.15) is 33.6 Å². The second-order valence-corrected chi connectivity index (χ2v) is 3.01. The third-order valence-corrected chi connectivity index (χ3v) is 1.86. The zero-order valence-corrected chi connectivity index (χ0v) is 7.85. The van der Waals surface area contributed by atoms with Crippen LogP contribution >= 0.6 is 0 Å². The number of hydrogen-bond donors (Lipinski definition) is 0. The lowest BCUT2D eigenvalue weighted by molar-refractivity contribution is 0.221. The van der Waals surface area contributed by atoms with Gasteiger partial charge in [-0.25, -0.2) is 0 Å². The van der Waals surface area contributed by atoms with Crippen molar-refractivity contribution < 1.29 is 0 Å². The Morgan fingerprint density at radius 3 is 2.20 bits per heavy atom. The van der Waals surface area contributed by atoms with Crippen LogP contribution in [-0.2, 0) is 0 Å². The van der Waals surface area contributed by atoms with Gasteiger partial charge in [0.05, 0.1) is 0 Å². The Hall–Kier alpha value is -0.0400. The van der Waals surface area contributed by atoms with Gasteiger partial charge in [-0.05, 0) is 32.4 Å². The van der Waals surface area contributed by atoms with Crippen LogP contribution in [-0.4, -0.2) is 25.0 Å². The minimum absolute atomic E-state index is 0.939. The summed E-state index contributed by atoms with van der Waals surface area (Å²) in [4.78, 5) is 2.41. The minimum Gasteiger partial charge on any atom is -0.306 e. The van der Waals surface area contributed by atoms with Crippen LogP contribution in [0.25, 0.3) is 0 Å². The van der Waals surface area contributed by atoms with Gasteiger partial charge in [-0.1, -0.05) is 20.8 Å². The van der Waals surface area contributed by atoms with Gasteiger partial charge in [0.15, 0.2) is 0 Å². The molecule has 1 heteroatoms. The van der Waals surface area contributed by atoms with Crippen LogP contribution in [0.4, 0.5) is 0 Å². The highest BCUT2D eigenvalue weighted by Crippen LogP contribution is 2.12. The van der Waals surface area contributed by atoms with E-state index in [1.807, 2.05) is 13.8 Å². The molecule has 10 heavy (non-hydrogen) atoms. The maximum atomic E-state index is 2.41. The normalized spacial score (nSPS) is 27.0. The monoisotopic (exact) mass is 143 g/mol. The number of rotatable bonds is 0. The molecule has 1 heterocycles. The van der Waals surface area contributed by atoms with Gasteiger partial charge in [0.25, 0.3) is 0 Å². The van der Waals surface area contributed by atoms with Crippen LogP contribution in [0, 0.1) is 5.92 Å². The first-order chi connectivity index (χ1) is 4.79. The smallest absolute Gasteiger partial charge is 0.000398 e. The van der Waals surface area contributed by atoms with E-state index in [1.54, 1.807) is 0 Å². The summed E-state index contributed by atoms with van der Waals surface area (Å²) in [5.41, 5.74) is 0. The first kappa shape index (κ1) is 9.96. The van der Waals surface area contributed by atoms with E-state index in [0.717, 1.165) is 5.92 Å². The highest BCUT2D eigenvalue weighted by molar-refractivity contribution is 4.65. The summed E-state index contributed by atoms with van der Waals surface area (Å²) in [5.74, 6) is 0.939. The molecule has 62 valence electrons. The lowest BCUT2D eigenvalue weighted by atomic mass is 10.0. The lowest BCUT2D eigenvalue weighted by Crippen LogP contribution is -2.30. The molecule has 0 aromatic carbocycles. The van der Waals surface area contributed by atoms with Crippen molar-refractivity contribution in [2.75, 3.05) is 20.1 Å². The molecule has 0 aromatic rings. The maximum absolute atomic E-state index is 2.41. The van der Waals surface area contributed by atoms with Crippen molar-refractivity contribution in [3.8, 4) is 0 Å². The highest BCUT2D eigenvalue weighted by atomic mass is 15.1. The first-order valence-electron chi connectivity index (χ1n) is 4.47. The SMILES string of the molecule is CC.CC1CCCN(C)C1. The fraction of sp³-hybridized carbons (Fsp3) is 1.00. The van der Waals surface area contributed by atoms with Crippen molar-refractivity contribution >= 4 is 0 Å². The molecule has 1 unspecified atom stereocenters. The minimum atomic E-state index is 0.939. The molecule has 1 fully saturated rings. The van der Waals surface area contributed by atoms with Crippen molar-refractivity contribution in [1.29, 1.82) is 0 Å². The first-order valence-corrected chi connectivity index (χ1v) is 4.47. The molecule has 0 saturated carbocycles. The fourth-order valence-corrected chi connectivity index (χ4v) is 1.42. The molecular weight excluding hydrogens is 122 g/mol. The molecule has 1 aliphatic rings. The van der Waals surface area contributed by atoms with Gasteiger partial charge in [-0.2, -0.15) is 0 Å². The Bertz CT molecular complexity index is 63.1. The predicted molar refractivity (Wildman–Crippen MR) is 47.2 cm³/mol.